The van der Waals surface area contributed by atoms with E-state index in [-0.39, 0.29) is 0 Å². The molecule has 0 saturated carbocycles. The maximum Gasteiger partial charge on any atom is 0.412 e. The maximum atomic E-state index is 12.0. The van der Waals surface area contributed by atoms with E-state index in [2.05, 4.69) is 15.6 Å². The Kier molecular flexibility index (Phi) is 5.16. The number of ether oxygens (including phenoxy) is 2. The van der Waals surface area contributed by atoms with Crippen molar-refractivity contribution in [3.63, 3.8) is 0 Å². The van der Waals surface area contributed by atoms with Gasteiger partial charge < -0.3 is 19.8 Å². The minimum absolute atomic E-state index is 0.493. The highest BCUT2D eigenvalue weighted by Crippen LogP contribution is 2.28. The molecule has 0 bridgehead atoms. The topological polar surface area (TPSA) is 75.4 Å². The number of methoxy groups -OCH3 is 1. The highest BCUT2D eigenvalue weighted by molar-refractivity contribution is 5.90. The van der Waals surface area contributed by atoms with Gasteiger partial charge in [-0.25, -0.2) is 4.79 Å². The third-order valence-corrected chi connectivity index (χ3v) is 3.01. The summed E-state index contributed by atoms with van der Waals surface area (Å²) in [6.07, 6.45) is 3.28. The number of rotatable bonds is 5. The van der Waals surface area contributed by atoms with Crippen molar-refractivity contribution >= 4 is 17.5 Å². The van der Waals surface area contributed by atoms with Crippen LogP contribution in [0.4, 0.5) is 16.2 Å². The summed E-state index contributed by atoms with van der Waals surface area (Å²) in [5.74, 6) is 0.705. The van der Waals surface area contributed by atoms with Crippen molar-refractivity contribution in [1.29, 1.82) is 0 Å². The molecule has 1 aromatic heterocycles. The van der Waals surface area contributed by atoms with Gasteiger partial charge in [0.05, 0.1) is 18.5 Å². The van der Waals surface area contributed by atoms with Gasteiger partial charge in [0.1, 0.15) is 11.4 Å². The van der Waals surface area contributed by atoms with Gasteiger partial charge in [-0.2, -0.15) is 0 Å². The Bertz CT molecular complexity index is 646. The summed E-state index contributed by atoms with van der Waals surface area (Å²) in [6.45, 7) is 6.10. The molecule has 0 saturated heterocycles. The molecule has 1 amide bonds. The number of hydrogen-bond acceptors (Lipinski definition) is 4. The number of carbonyl (C=O) groups excluding carboxylic acids is 1. The van der Waals surface area contributed by atoms with Crippen LogP contribution in [0.3, 0.4) is 0 Å². The van der Waals surface area contributed by atoms with Crippen molar-refractivity contribution < 1.29 is 14.3 Å². The van der Waals surface area contributed by atoms with Crippen molar-refractivity contribution in [2.75, 3.05) is 17.7 Å². The first-order valence-corrected chi connectivity index (χ1v) is 7.41. The van der Waals surface area contributed by atoms with Gasteiger partial charge in [0.2, 0.25) is 0 Å². The second kappa shape index (κ2) is 7.09. The summed E-state index contributed by atoms with van der Waals surface area (Å²) in [5.41, 5.74) is 1.96. The quantitative estimate of drug-likeness (QED) is 0.779. The highest BCUT2D eigenvalue weighted by Gasteiger charge is 2.17. The summed E-state index contributed by atoms with van der Waals surface area (Å²) < 4.78 is 10.5. The number of hydrogen-bond donors (Lipinski definition) is 3. The van der Waals surface area contributed by atoms with Crippen LogP contribution in [-0.2, 0) is 11.3 Å². The lowest BCUT2D eigenvalue weighted by atomic mass is 10.2. The van der Waals surface area contributed by atoms with Crippen LogP contribution in [0.15, 0.2) is 36.7 Å². The van der Waals surface area contributed by atoms with Crippen LogP contribution >= 0.6 is 0 Å². The van der Waals surface area contributed by atoms with Crippen molar-refractivity contribution in [3.05, 3.63) is 42.2 Å². The smallest absolute Gasteiger partial charge is 0.412 e. The molecule has 0 spiro atoms. The lowest BCUT2D eigenvalue weighted by molar-refractivity contribution is 0.0636. The third-order valence-electron chi connectivity index (χ3n) is 3.01. The molecular formula is C17H23N3O3. The molecule has 1 aromatic carbocycles. The molecule has 2 rings (SSSR count). The van der Waals surface area contributed by atoms with Gasteiger partial charge in [-0.05, 0) is 44.5 Å². The lowest BCUT2D eigenvalue weighted by Gasteiger charge is -2.21. The van der Waals surface area contributed by atoms with Crippen LogP contribution in [0.1, 0.15) is 26.3 Å². The zero-order chi connectivity index (χ0) is 16.9. The first-order chi connectivity index (χ1) is 10.9. The molecule has 3 N–H and O–H groups in total. The Morgan fingerprint density at radius 2 is 2.00 bits per heavy atom. The van der Waals surface area contributed by atoms with E-state index in [1.165, 1.54) is 0 Å². The largest absolute Gasteiger partial charge is 0.497 e. The Hall–Kier alpha value is -2.63. The summed E-state index contributed by atoms with van der Waals surface area (Å²) in [5, 5.41) is 6.05. The van der Waals surface area contributed by atoms with Gasteiger partial charge >= 0.3 is 6.09 Å². The SMILES string of the molecule is COc1ccc(NC(=O)OC(C)(C)C)c(NCc2cc[nH]c2)c1. The molecular weight excluding hydrogens is 294 g/mol. The molecule has 0 radical (unpaired) electrons. The van der Waals surface area contributed by atoms with Crippen molar-refractivity contribution in [1.82, 2.24) is 4.98 Å². The van der Waals surface area contributed by atoms with E-state index in [0.29, 0.717) is 18.0 Å². The van der Waals surface area contributed by atoms with Gasteiger partial charge in [0.15, 0.2) is 0 Å². The van der Waals surface area contributed by atoms with E-state index >= 15 is 0 Å². The number of nitrogens with one attached hydrogen (secondary N) is 3. The first-order valence-electron chi connectivity index (χ1n) is 7.41. The van der Waals surface area contributed by atoms with E-state index in [1.54, 1.807) is 19.2 Å². The van der Waals surface area contributed by atoms with E-state index < -0.39 is 11.7 Å². The molecule has 0 aliphatic rings. The predicted octanol–water partition coefficient (Wildman–Crippen LogP) is 3.98. The van der Waals surface area contributed by atoms with Crippen LogP contribution in [0.25, 0.3) is 0 Å². The fourth-order valence-corrected chi connectivity index (χ4v) is 1.98. The minimum atomic E-state index is -0.546. The minimum Gasteiger partial charge on any atom is -0.497 e. The number of benzene rings is 1. The molecule has 0 unspecified atom stereocenters. The second-order valence-corrected chi connectivity index (χ2v) is 6.11. The van der Waals surface area contributed by atoms with Crippen molar-refractivity contribution in [2.45, 2.75) is 32.9 Å². The van der Waals surface area contributed by atoms with Gasteiger partial charge in [0.25, 0.3) is 0 Å². The Labute approximate surface area is 136 Å². The van der Waals surface area contributed by atoms with Gasteiger partial charge in [-0.3, -0.25) is 5.32 Å². The highest BCUT2D eigenvalue weighted by atomic mass is 16.6. The van der Waals surface area contributed by atoms with Gasteiger partial charge in [-0.1, -0.05) is 0 Å². The molecule has 0 atom stereocenters. The fourth-order valence-electron chi connectivity index (χ4n) is 1.98. The van der Waals surface area contributed by atoms with Crippen LogP contribution in [-0.4, -0.2) is 23.8 Å². The number of H-pyrrole nitrogens is 1. The van der Waals surface area contributed by atoms with Crippen molar-refractivity contribution in [2.24, 2.45) is 0 Å². The van der Waals surface area contributed by atoms with Crippen molar-refractivity contribution in [3.8, 4) is 5.75 Å². The normalized spacial score (nSPS) is 11.0. The predicted molar refractivity (Wildman–Crippen MR) is 91.0 cm³/mol. The summed E-state index contributed by atoms with van der Waals surface area (Å²) in [7, 11) is 1.60. The number of anilines is 2. The molecule has 6 nitrogen and oxygen atoms in total. The third kappa shape index (κ3) is 5.25. The molecule has 2 aromatic rings. The molecule has 6 heteroatoms. The molecule has 23 heavy (non-hydrogen) atoms. The average molecular weight is 317 g/mol. The molecule has 1 heterocycles. The maximum absolute atomic E-state index is 12.0. The number of aromatic nitrogens is 1. The van der Waals surface area contributed by atoms with Crippen LogP contribution in [0, 0.1) is 0 Å². The van der Waals surface area contributed by atoms with E-state index in [9.17, 15) is 4.79 Å². The number of carbonyl (C=O) groups is 1. The van der Waals surface area contributed by atoms with E-state index in [1.807, 2.05) is 45.3 Å². The summed E-state index contributed by atoms with van der Waals surface area (Å²) in [4.78, 5) is 15.0. The van der Waals surface area contributed by atoms with Crippen LogP contribution < -0.4 is 15.4 Å². The van der Waals surface area contributed by atoms with E-state index in [4.69, 9.17) is 9.47 Å². The lowest BCUT2D eigenvalue weighted by Crippen LogP contribution is -2.27. The average Bonchev–Trinajstić information content (AvgIpc) is 2.97. The monoisotopic (exact) mass is 317 g/mol. The zero-order valence-electron chi connectivity index (χ0n) is 13.9. The van der Waals surface area contributed by atoms with E-state index in [0.717, 1.165) is 11.3 Å². The van der Waals surface area contributed by atoms with Gasteiger partial charge in [0, 0.05) is 25.0 Å². The number of aromatic amines is 1. The Morgan fingerprint density at radius 1 is 1.22 bits per heavy atom. The second-order valence-electron chi connectivity index (χ2n) is 6.11. The molecule has 0 aliphatic carbocycles. The van der Waals surface area contributed by atoms with Crippen LogP contribution in [0.2, 0.25) is 0 Å². The van der Waals surface area contributed by atoms with Crippen LogP contribution in [0.5, 0.6) is 5.75 Å². The molecule has 124 valence electrons. The molecule has 0 fully saturated rings. The molecule has 0 aliphatic heterocycles. The Morgan fingerprint density at radius 3 is 2.61 bits per heavy atom. The summed E-state index contributed by atoms with van der Waals surface area (Å²) in [6, 6.07) is 7.38. The fraction of sp³-hybridized carbons (Fsp3) is 0.353. The standard InChI is InChI=1S/C17H23N3O3/c1-17(2,3)23-16(21)20-14-6-5-13(22-4)9-15(14)19-11-12-7-8-18-10-12/h5-10,18-19H,11H2,1-4H3,(H,20,21). The summed E-state index contributed by atoms with van der Waals surface area (Å²) >= 11 is 0. The zero-order valence-corrected chi connectivity index (χ0v) is 13.9. The number of amides is 1. The van der Waals surface area contributed by atoms with Gasteiger partial charge in [-0.15, -0.1) is 0 Å². The first kappa shape index (κ1) is 16.7. The Balaban J connectivity index is 2.12.